The summed E-state index contributed by atoms with van der Waals surface area (Å²) < 4.78 is 0. The van der Waals surface area contributed by atoms with Crippen molar-refractivity contribution in [2.24, 2.45) is 11.8 Å². The Kier molecular flexibility index (Phi) is 13.7. The number of hydrogen-bond donors (Lipinski definition) is 0. The zero-order valence-corrected chi connectivity index (χ0v) is 16.0. The van der Waals surface area contributed by atoms with Gasteiger partial charge < -0.3 is 4.90 Å². The van der Waals surface area contributed by atoms with Crippen LogP contribution in [0.1, 0.15) is 98.8 Å². The molecule has 0 N–H and O–H groups in total. The van der Waals surface area contributed by atoms with E-state index in [0.717, 1.165) is 25.9 Å². The van der Waals surface area contributed by atoms with Gasteiger partial charge in [0.1, 0.15) is 0 Å². The van der Waals surface area contributed by atoms with Crippen molar-refractivity contribution in [1.82, 2.24) is 4.90 Å². The van der Waals surface area contributed by atoms with Gasteiger partial charge in [0.05, 0.1) is 0 Å². The largest absolute Gasteiger partial charge is 0.342 e. The molecule has 1 amide bonds. The van der Waals surface area contributed by atoms with E-state index >= 15 is 0 Å². The predicted molar refractivity (Wildman–Crippen MR) is 98.1 cm³/mol. The van der Waals surface area contributed by atoms with E-state index in [9.17, 15) is 4.79 Å². The molecule has 0 radical (unpaired) electrons. The van der Waals surface area contributed by atoms with E-state index in [-0.39, 0.29) is 0 Å². The van der Waals surface area contributed by atoms with Gasteiger partial charge in [0.25, 0.3) is 0 Å². The van der Waals surface area contributed by atoms with Gasteiger partial charge in [-0.1, -0.05) is 86.0 Å². The summed E-state index contributed by atoms with van der Waals surface area (Å²) in [4.78, 5) is 14.4. The first-order valence-electron chi connectivity index (χ1n) is 9.75. The van der Waals surface area contributed by atoms with Crippen LogP contribution in [0.4, 0.5) is 0 Å². The van der Waals surface area contributed by atoms with E-state index in [1.807, 2.05) is 0 Å². The fourth-order valence-corrected chi connectivity index (χ4v) is 2.90. The Labute approximate surface area is 140 Å². The average Bonchev–Trinajstić information content (AvgIpc) is 2.43. The van der Waals surface area contributed by atoms with E-state index in [4.69, 9.17) is 0 Å². The first kappa shape index (κ1) is 21.5. The monoisotopic (exact) mass is 311 g/mol. The fourth-order valence-electron chi connectivity index (χ4n) is 2.90. The van der Waals surface area contributed by atoms with Gasteiger partial charge >= 0.3 is 0 Å². The van der Waals surface area contributed by atoms with Crippen molar-refractivity contribution in [3.8, 4) is 0 Å². The van der Waals surface area contributed by atoms with Crippen LogP contribution in [-0.2, 0) is 4.79 Å². The Morgan fingerprint density at radius 1 is 0.727 bits per heavy atom. The molecule has 0 fully saturated rings. The van der Waals surface area contributed by atoms with E-state index in [0.29, 0.717) is 17.7 Å². The molecule has 0 spiro atoms. The van der Waals surface area contributed by atoms with E-state index in [1.165, 1.54) is 51.4 Å². The van der Waals surface area contributed by atoms with Crippen LogP contribution in [0.25, 0.3) is 0 Å². The normalized spacial score (nSPS) is 11.4. The summed E-state index contributed by atoms with van der Waals surface area (Å²) >= 11 is 0. The highest BCUT2D eigenvalue weighted by molar-refractivity contribution is 5.76. The van der Waals surface area contributed by atoms with E-state index in [1.54, 1.807) is 0 Å². The molecule has 2 nitrogen and oxygen atoms in total. The zero-order chi connectivity index (χ0) is 16.8. The van der Waals surface area contributed by atoms with Crippen molar-refractivity contribution in [1.29, 1.82) is 0 Å². The lowest BCUT2D eigenvalue weighted by molar-refractivity contribution is -0.132. The quantitative estimate of drug-likeness (QED) is 0.358. The molecule has 0 saturated heterocycles. The Bertz CT molecular complexity index is 250. The van der Waals surface area contributed by atoms with Crippen molar-refractivity contribution in [3.05, 3.63) is 0 Å². The third kappa shape index (κ3) is 13.2. The van der Waals surface area contributed by atoms with Crippen LogP contribution in [0.3, 0.4) is 0 Å². The van der Waals surface area contributed by atoms with Crippen molar-refractivity contribution < 1.29 is 4.79 Å². The first-order valence-corrected chi connectivity index (χ1v) is 9.75. The molecule has 0 aliphatic heterocycles. The van der Waals surface area contributed by atoms with Crippen LogP contribution in [0.2, 0.25) is 0 Å². The number of rotatable bonds is 14. The second-order valence-corrected chi connectivity index (χ2v) is 7.66. The minimum atomic E-state index is 0.366. The third-order valence-electron chi connectivity index (χ3n) is 4.02. The van der Waals surface area contributed by atoms with Crippen molar-refractivity contribution >= 4 is 5.91 Å². The van der Waals surface area contributed by atoms with Crippen molar-refractivity contribution in [2.75, 3.05) is 13.1 Å². The summed E-state index contributed by atoms with van der Waals surface area (Å²) in [7, 11) is 0. The third-order valence-corrected chi connectivity index (χ3v) is 4.02. The summed E-state index contributed by atoms with van der Waals surface area (Å²) in [6.07, 6.45) is 12.6. The Balaban J connectivity index is 3.71. The van der Waals surface area contributed by atoms with Gasteiger partial charge in [0.15, 0.2) is 0 Å². The average molecular weight is 312 g/mol. The molecule has 0 bridgehead atoms. The molecule has 0 heterocycles. The molecule has 0 aliphatic carbocycles. The number of carbonyl (C=O) groups is 1. The smallest absolute Gasteiger partial charge is 0.222 e. The van der Waals surface area contributed by atoms with Crippen LogP contribution in [0.15, 0.2) is 0 Å². The number of amides is 1. The SMILES string of the molecule is CCCCCCCCCCCC(=O)N(CC(C)C)CC(C)C. The van der Waals surface area contributed by atoms with E-state index < -0.39 is 0 Å². The van der Waals surface area contributed by atoms with Crippen LogP contribution in [-0.4, -0.2) is 23.9 Å². The van der Waals surface area contributed by atoms with E-state index in [2.05, 4.69) is 39.5 Å². The molecule has 132 valence electrons. The van der Waals surface area contributed by atoms with Gasteiger partial charge in [-0.2, -0.15) is 0 Å². The summed E-state index contributed by atoms with van der Waals surface area (Å²) in [5.41, 5.74) is 0. The summed E-state index contributed by atoms with van der Waals surface area (Å²) in [5, 5.41) is 0. The Morgan fingerprint density at radius 2 is 1.14 bits per heavy atom. The van der Waals surface area contributed by atoms with Crippen LogP contribution < -0.4 is 0 Å². The maximum Gasteiger partial charge on any atom is 0.222 e. The summed E-state index contributed by atoms with van der Waals surface area (Å²) in [6, 6.07) is 0. The van der Waals surface area contributed by atoms with Crippen molar-refractivity contribution in [2.45, 2.75) is 98.8 Å². The van der Waals surface area contributed by atoms with Crippen LogP contribution in [0, 0.1) is 11.8 Å². The van der Waals surface area contributed by atoms with Gasteiger partial charge in [-0.15, -0.1) is 0 Å². The van der Waals surface area contributed by atoms with Gasteiger partial charge in [-0.05, 0) is 18.3 Å². The fraction of sp³-hybridized carbons (Fsp3) is 0.950. The molecule has 0 saturated carbocycles. The molecule has 0 aromatic carbocycles. The van der Waals surface area contributed by atoms with Crippen LogP contribution in [0.5, 0.6) is 0 Å². The number of unbranched alkanes of at least 4 members (excludes halogenated alkanes) is 8. The standard InChI is InChI=1S/C20H41NO/c1-6-7-8-9-10-11-12-13-14-15-20(22)21(16-18(2)3)17-19(4)5/h18-19H,6-17H2,1-5H3. The summed E-state index contributed by atoms with van der Waals surface area (Å²) in [6.45, 7) is 12.9. The maximum absolute atomic E-state index is 12.3. The second-order valence-electron chi connectivity index (χ2n) is 7.66. The first-order chi connectivity index (χ1) is 10.5. The molecular formula is C20H41NO. The topological polar surface area (TPSA) is 20.3 Å². The Hall–Kier alpha value is -0.530. The molecule has 0 aromatic rings. The predicted octanol–water partition coefficient (Wildman–Crippen LogP) is 6.05. The number of nitrogens with zero attached hydrogens (tertiary/aromatic N) is 1. The summed E-state index contributed by atoms with van der Waals surface area (Å²) in [5.74, 6) is 1.49. The minimum Gasteiger partial charge on any atom is -0.342 e. The van der Waals surface area contributed by atoms with Gasteiger partial charge in [-0.25, -0.2) is 0 Å². The molecule has 0 atom stereocenters. The molecule has 2 heteroatoms. The van der Waals surface area contributed by atoms with Gasteiger partial charge in [0.2, 0.25) is 5.91 Å². The highest BCUT2D eigenvalue weighted by atomic mass is 16.2. The zero-order valence-electron chi connectivity index (χ0n) is 16.0. The lowest BCUT2D eigenvalue weighted by Crippen LogP contribution is -2.36. The molecule has 0 unspecified atom stereocenters. The molecule has 0 aromatic heterocycles. The highest BCUT2D eigenvalue weighted by Gasteiger charge is 2.15. The molecular weight excluding hydrogens is 270 g/mol. The lowest BCUT2D eigenvalue weighted by atomic mass is 10.1. The second kappa shape index (κ2) is 14.1. The lowest BCUT2D eigenvalue weighted by Gasteiger charge is -2.26. The highest BCUT2D eigenvalue weighted by Crippen LogP contribution is 2.12. The van der Waals surface area contributed by atoms with Crippen LogP contribution >= 0.6 is 0 Å². The Morgan fingerprint density at radius 3 is 1.55 bits per heavy atom. The minimum absolute atomic E-state index is 0.366. The van der Waals surface area contributed by atoms with Gasteiger partial charge in [0, 0.05) is 19.5 Å². The maximum atomic E-state index is 12.3. The molecule has 0 rings (SSSR count). The molecule has 22 heavy (non-hydrogen) atoms. The number of carbonyl (C=O) groups excluding carboxylic acids is 1. The van der Waals surface area contributed by atoms with Crippen molar-refractivity contribution in [3.63, 3.8) is 0 Å². The molecule has 0 aliphatic rings. The van der Waals surface area contributed by atoms with Gasteiger partial charge in [-0.3, -0.25) is 4.79 Å². The number of hydrogen-bond acceptors (Lipinski definition) is 1.